The molecular formula is C18H14Cl2N6O. The number of aromatic nitrogens is 5. The van der Waals surface area contributed by atoms with E-state index in [4.69, 9.17) is 23.2 Å². The van der Waals surface area contributed by atoms with Crippen molar-refractivity contribution in [3.05, 3.63) is 69.5 Å². The molecule has 0 aliphatic carbocycles. The van der Waals surface area contributed by atoms with Crippen molar-refractivity contribution >= 4 is 46.1 Å². The standard InChI is InChI=1S/C18H14Cl2N6O/c1-10-2-5-14-15(6-10)22-18(21-14)23-17(27)16-9-26(25-24-16)8-11-3-4-12(19)7-13(11)20/h2-7,9H,8H2,1H3,(H2,21,22,23,27). The summed E-state index contributed by atoms with van der Waals surface area (Å²) in [5.41, 5.74) is 3.73. The van der Waals surface area contributed by atoms with Gasteiger partial charge in [-0.15, -0.1) is 5.10 Å². The van der Waals surface area contributed by atoms with Crippen LogP contribution in [0.4, 0.5) is 5.95 Å². The Kier molecular flexibility index (Phi) is 4.55. The largest absolute Gasteiger partial charge is 0.324 e. The average Bonchev–Trinajstić information content (AvgIpc) is 3.23. The third kappa shape index (κ3) is 3.79. The normalized spacial score (nSPS) is 11.1. The number of nitrogens with one attached hydrogen (secondary N) is 2. The van der Waals surface area contributed by atoms with E-state index in [0.29, 0.717) is 22.5 Å². The summed E-state index contributed by atoms with van der Waals surface area (Å²) in [5, 5.41) is 11.7. The molecular weight excluding hydrogens is 387 g/mol. The van der Waals surface area contributed by atoms with E-state index in [-0.39, 0.29) is 5.69 Å². The van der Waals surface area contributed by atoms with Gasteiger partial charge in [-0.1, -0.05) is 40.5 Å². The molecule has 0 saturated carbocycles. The van der Waals surface area contributed by atoms with Gasteiger partial charge in [0.1, 0.15) is 0 Å². The summed E-state index contributed by atoms with van der Waals surface area (Å²) in [6, 6.07) is 11.0. The Morgan fingerprint density at radius 1 is 1.22 bits per heavy atom. The van der Waals surface area contributed by atoms with E-state index in [0.717, 1.165) is 22.2 Å². The number of H-pyrrole nitrogens is 1. The third-order valence-corrected chi connectivity index (χ3v) is 4.58. The molecule has 2 N–H and O–H groups in total. The van der Waals surface area contributed by atoms with Crippen molar-refractivity contribution in [1.82, 2.24) is 25.0 Å². The SMILES string of the molecule is Cc1ccc2nc(NC(=O)c3cn(Cc4ccc(Cl)cc4Cl)nn3)[nH]c2c1. The molecule has 2 aromatic carbocycles. The number of carbonyl (C=O) groups is 1. The first kappa shape index (κ1) is 17.5. The molecule has 7 nitrogen and oxygen atoms in total. The van der Waals surface area contributed by atoms with Crippen LogP contribution in [0.2, 0.25) is 10.0 Å². The van der Waals surface area contributed by atoms with E-state index in [1.807, 2.05) is 31.2 Å². The van der Waals surface area contributed by atoms with Crippen LogP contribution < -0.4 is 5.32 Å². The van der Waals surface area contributed by atoms with E-state index >= 15 is 0 Å². The molecule has 1 amide bonds. The van der Waals surface area contributed by atoms with Crippen molar-refractivity contribution in [2.24, 2.45) is 0 Å². The van der Waals surface area contributed by atoms with Crippen LogP contribution >= 0.6 is 23.2 Å². The first-order valence-corrected chi connectivity index (χ1v) is 8.85. The minimum atomic E-state index is -0.403. The molecule has 9 heteroatoms. The number of rotatable bonds is 4. The number of hydrogen-bond acceptors (Lipinski definition) is 4. The van der Waals surface area contributed by atoms with Crippen molar-refractivity contribution in [2.45, 2.75) is 13.5 Å². The molecule has 0 aliphatic rings. The molecule has 0 atom stereocenters. The maximum absolute atomic E-state index is 12.4. The molecule has 4 rings (SSSR count). The quantitative estimate of drug-likeness (QED) is 0.540. The van der Waals surface area contributed by atoms with E-state index in [1.165, 1.54) is 4.68 Å². The number of benzene rings is 2. The Bertz CT molecular complexity index is 1150. The highest BCUT2D eigenvalue weighted by atomic mass is 35.5. The average molecular weight is 401 g/mol. The van der Waals surface area contributed by atoms with Crippen LogP contribution in [0.25, 0.3) is 11.0 Å². The number of aromatic amines is 1. The maximum atomic E-state index is 12.4. The Hall–Kier alpha value is -2.90. The van der Waals surface area contributed by atoms with E-state index < -0.39 is 5.91 Å². The topological polar surface area (TPSA) is 88.5 Å². The molecule has 0 aliphatic heterocycles. The number of hydrogen-bond donors (Lipinski definition) is 2. The third-order valence-electron chi connectivity index (χ3n) is 3.99. The smallest absolute Gasteiger partial charge is 0.280 e. The summed E-state index contributed by atoms with van der Waals surface area (Å²) < 4.78 is 1.53. The zero-order chi connectivity index (χ0) is 19.0. The van der Waals surface area contributed by atoms with Crippen LogP contribution in [0, 0.1) is 6.92 Å². The zero-order valence-electron chi connectivity index (χ0n) is 14.2. The number of anilines is 1. The zero-order valence-corrected chi connectivity index (χ0v) is 15.7. The lowest BCUT2D eigenvalue weighted by molar-refractivity contribution is 0.102. The number of aryl methyl sites for hydroxylation is 1. The van der Waals surface area contributed by atoms with Crippen LogP contribution in [0.3, 0.4) is 0 Å². The highest BCUT2D eigenvalue weighted by molar-refractivity contribution is 6.35. The van der Waals surface area contributed by atoms with Gasteiger partial charge in [0.2, 0.25) is 5.95 Å². The predicted octanol–water partition coefficient (Wildman–Crippen LogP) is 4.07. The van der Waals surface area contributed by atoms with Gasteiger partial charge >= 0.3 is 0 Å². The molecule has 0 fully saturated rings. The van der Waals surface area contributed by atoms with Crippen molar-refractivity contribution in [3.8, 4) is 0 Å². The molecule has 0 radical (unpaired) electrons. The first-order chi connectivity index (χ1) is 13.0. The maximum Gasteiger partial charge on any atom is 0.280 e. The molecule has 2 heterocycles. The Morgan fingerprint density at radius 3 is 2.89 bits per heavy atom. The first-order valence-electron chi connectivity index (χ1n) is 8.10. The van der Waals surface area contributed by atoms with E-state index in [9.17, 15) is 4.79 Å². The Morgan fingerprint density at radius 2 is 2.07 bits per heavy atom. The van der Waals surface area contributed by atoms with Gasteiger partial charge in [-0.25, -0.2) is 9.67 Å². The molecule has 136 valence electrons. The minimum absolute atomic E-state index is 0.178. The molecule has 0 spiro atoms. The van der Waals surface area contributed by atoms with Crippen LogP contribution in [-0.2, 0) is 6.54 Å². The van der Waals surface area contributed by atoms with Gasteiger partial charge in [-0.2, -0.15) is 0 Å². The van der Waals surface area contributed by atoms with Crippen LogP contribution in [0.15, 0.2) is 42.6 Å². The van der Waals surface area contributed by atoms with Crippen LogP contribution in [0.5, 0.6) is 0 Å². The lowest BCUT2D eigenvalue weighted by Gasteiger charge is -2.04. The van der Waals surface area contributed by atoms with Crippen molar-refractivity contribution in [1.29, 1.82) is 0 Å². The fourth-order valence-corrected chi connectivity index (χ4v) is 3.13. The summed E-state index contributed by atoms with van der Waals surface area (Å²) in [4.78, 5) is 19.8. The number of imidazole rings is 1. The molecule has 0 saturated heterocycles. The van der Waals surface area contributed by atoms with Crippen molar-refractivity contribution < 1.29 is 4.79 Å². The lowest BCUT2D eigenvalue weighted by Crippen LogP contribution is -2.13. The van der Waals surface area contributed by atoms with Crippen molar-refractivity contribution in [3.63, 3.8) is 0 Å². The van der Waals surface area contributed by atoms with Gasteiger partial charge < -0.3 is 4.98 Å². The van der Waals surface area contributed by atoms with Gasteiger partial charge in [0.25, 0.3) is 5.91 Å². The predicted molar refractivity (Wildman–Crippen MR) is 104 cm³/mol. The summed E-state index contributed by atoms with van der Waals surface area (Å²) in [7, 11) is 0. The van der Waals surface area contributed by atoms with E-state index in [1.54, 1.807) is 18.3 Å². The molecule has 27 heavy (non-hydrogen) atoms. The van der Waals surface area contributed by atoms with Crippen LogP contribution in [-0.4, -0.2) is 30.9 Å². The summed E-state index contributed by atoms with van der Waals surface area (Å²) in [6.45, 7) is 2.37. The van der Waals surface area contributed by atoms with Gasteiger partial charge in [0, 0.05) is 10.0 Å². The van der Waals surface area contributed by atoms with Crippen molar-refractivity contribution in [2.75, 3.05) is 5.32 Å². The van der Waals surface area contributed by atoms with E-state index in [2.05, 4.69) is 25.6 Å². The lowest BCUT2D eigenvalue weighted by atomic mass is 10.2. The summed E-state index contributed by atoms with van der Waals surface area (Å²) in [6.07, 6.45) is 1.55. The molecule has 0 bridgehead atoms. The van der Waals surface area contributed by atoms with Gasteiger partial charge in [-0.05, 0) is 42.3 Å². The minimum Gasteiger partial charge on any atom is -0.324 e. The summed E-state index contributed by atoms with van der Waals surface area (Å²) >= 11 is 12.1. The fraction of sp³-hybridized carbons (Fsp3) is 0.111. The Labute approximate surface area is 164 Å². The fourth-order valence-electron chi connectivity index (χ4n) is 2.66. The van der Waals surface area contributed by atoms with Gasteiger partial charge in [0.15, 0.2) is 5.69 Å². The number of amides is 1. The molecule has 2 aromatic heterocycles. The number of nitrogens with zero attached hydrogens (tertiary/aromatic N) is 4. The molecule has 4 aromatic rings. The molecule has 0 unspecified atom stereocenters. The number of halogens is 2. The second kappa shape index (κ2) is 7.02. The van der Waals surface area contributed by atoms with Gasteiger partial charge in [0.05, 0.1) is 23.8 Å². The second-order valence-electron chi connectivity index (χ2n) is 6.10. The number of carbonyl (C=O) groups excluding carboxylic acids is 1. The summed E-state index contributed by atoms with van der Waals surface area (Å²) in [5.74, 6) is -0.0462. The highest BCUT2D eigenvalue weighted by Gasteiger charge is 2.14. The van der Waals surface area contributed by atoms with Crippen LogP contribution in [0.1, 0.15) is 21.6 Å². The highest BCUT2D eigenvalue weighted by Crippen LogP contribution is 2.21. The second-order valence-corrected chi connectivity index (χ2v) is 6.94. The monoisotopic (exact) mass is 400 g/mol. The van der Waals surface area contributed by atoms with Gasteiger partial charge in [-0.3, -0.25) is 10.1 Å². The Balaban J connectivity index is 1.49. The number of fused-ring (bicyclic) bond motifs is 1.